The SMILES string of the molecule is Cc1cc2c3ccc(CC(C)C)cc3n3c4cc(C56CC7CC(CC(C7)C5)C6)cc5cc[n+](C)c(c(c1C)c23)c54. The van der Waals surface area contributed by atoms with Crippen molar-refractivity contribution in [1.82, 2.24) is 4.40 Å². The van der Waals surface area contributed by atoms with E-state index in [1.54, 1.807) is 5.56 Å². The topological polar surface area (TPSA) is 8.29 Å². The van der Waals surface area contributed by atoms with Gasteiger partial charge in [-0.2, -0.15) is 0 Å². The van der Waals surface area contributed by atoms with Gasteiger partial charge in [0.2, 0.25) is 5.52 Å². The van der Waals surface area contributed by atoms with Gasteiger partial charge >= 0.3 is 0 Å². The monoisotopic (exact) mass is 525 g/mol. The van der Waals surface area contributed by atoms with Crippen LogP contribution in [0.2, 0.25) is 0 Å². The molecule has 0 saturated heterocycles. The van der Waals surface area contributed by atoms with Crippen LogP contribution in [0.3, 0.4) is 0 Å². The summed E-state index contributed by atoms with van der Waals surface area (Å²) in [5.74, 6) is 3.50. The molecule has 4 fully saturated rings. The highest BCUT2D eigenvalue weighted by molar-refractivity contribution is 6.26. The normalized spacial score (nSPS) is 26.2. The molecule has 4 saturated carbocycles. The van der Waals surface area contributed by atoms with Crippen molar-refractivity contribution in [1.29, 1.82) is 0 Å². The van der Waals surface area contributed by atoms with Crippen LogP contribution in [-0.2, 0) is 18.9 Å². The van der Waals surface area contributed by atoms with Crippen LogP contribution in [0.5, 0.6) is 0 Å². The highest BCUT2D eigenvalue weighted by Gasteiger charge is 2.51. The first kappa shape index (κ1) is 23.6. The lowest BCUT2D eigenvalue weighted by Crippen LogP contribution is -2.48. The molecule has 10 rings (SSSR count). The predicted octanol–water partition coefficient (Wildman–Crippen LogP) is 9.10. The predicted molar refractivity (Wildman–Crippen MR) is 168 cm³/mol. The second-order valence-electron chi connectivity index (χ2n) is 14.8. The van der Waals surface area contributed by atoms with Crippen molar-refractivity contribution in [2.45, 2.75) is 78.1 Å². The Kier molecular flexibility index (Phi) is 4.58. The van der Waals surface area contributed by atoms with E-state index in [0.29, 0.717) is 11.3 Å². The first-order valence-corrected chi connectivity index (χ1v) is 15.8. The van der Waals surface area contributed by atoms with Crippen LogP contribution in [-0.4, -0.2) is 4.40 Å². The average molecular weight is 526 g/mol. The Morgan fingerprint density at radius 3 is 2.27 bits per heavy atom. The Morgan fingerprint density at radius 1 is 0.850 bits per heavy atom. The molecule has 0 unspecified atom stereocenters. The van der Waals surface area contributed by atoms with Crippen LogP contribution in [0.25, 0.3) is 49.0 Å². The zero-order valence-electron chi connectivity index (χ0n) is 24.8. The minimum Gasteiger partial charge on any atom is -0.307 e. The molecule has 0 spiro atoms. The van der Waals surface area contributed by atoms with Crippen LogP contribution in [0.15, 0.2) is 48.7 Å². The quantitative estimate of drug-likeness (QED) is 0.124. The van der Waals surface area contributed by atoms with Gasteiger partial charge in [0.15, 0.2) is 6.20 Å². The summed E-state index contributed by atoms with van der Waals surface area (Å²) in [6.45, 7) is 9.31. The molecule has 0 radical (unpaired) electrons. The van der Waals surface area contributed by atoms with E-state index in [1.807, 2.05) is 0 Å². The number of rotatable bonds is 3. The summed E-state index contributed by atoms with van der Waals surface area (Å²) in [6, 6.07) is 17.5. The zero-order chi connectivity index (χ0) is 27.1. The van der Waals surface area contributed by atoms with Gasteiger partial charge < -0.3 is 4.40 Å². The molecule has 0 amide bonds. The lowest BCUT2D eigenvalue weighted by molar-refractivity contribution is -0.643. The van der Waals surface area contributed by atoms with E-state index in [0.717, 1.165) is 24.2 Å². The van der Waals surface area contributed by atoms with Crippen molar-refractivity contribution >= 4 is 49.0 Å². The van der Waals surface area contributed by atoms with Crippen LogP contribution < -0.4 is 4.57 Å². The van der Waals surface area contributed by atoms with E-state index in [1.165, 1.54) is 104 Å². The highest BCUT2D eigenvalue weighted by atomic mass is 15.0. The average Bonchev–Trinajstić information content (AvgIpc) is 3.22. The number of aryl methyl sites for hydroxylation is 3. The number of pyridine rings is 2. The van der Waals surface area contributed by atoms with Gasteiger partial charge in [-0.3, -0.25) is 0 Å². The largest absolute Gasteiger partial charge is 0.307 e. The third kappa shape index (κ3) is 2.98. The second-order valence-corrected chi connectivity index (χ2v) is 14.8. The molecule has 0 atom stereocenters. The fourth-order valence-corrected chi connectivity index (χ4v) is 10.3. The summed E-state index contributed by atoms with van der Waals surface area (Å²) in [7, 11) is 2.25. The summed E-state index contributed by atoms with van der Waals surface area (Å²) >= 11 is 0. The Morgan fingerprint density at radius 2 is 1.57 bits per heavy atom. The van der Waals surface area contributed by atoms with E-state index in [-0.39, 0.29) is 0 Å². The summed E-state index contributed by atoms with van der Waals surface area (Å²) in [6.07, 6.45) is 12.1. The molecule has 3 aromatic heterocycles. The van der Waals surface area contributed by atoms with Crippen LogP contribution >= 0.6 is 0 Å². The molecule has 202 valence electrons. The maximum atomic E-state index is 2.69. The van der Waals surface area contributed by atoms with E-state index in [9.17, 15) is 0 Å². The molecular weight excluding hydrogens is 484 g/mol. The number of nitrogens with zero attached hydrogens (tertiary/aromatic N) is 2. The number of aromatic nitrogens is 2. The van der Waals surface area contributed by atoms with Crippen LogP contribution in [0.1, 0.15) is 74.6 Å². The smallest absolute Gasteiger partial charge is 0.224 e. The van der Waals surface area contributed by atoms with Crippen molar-refractivity contribution in [2.24, 2.45) is 30.7 Å². The van der Waals surface area contributed by atoms with Crippen molar-refractivity contribution in [3.63, 3.8) is 0 Å². The summed E-state index contributed by atoms with van der Waals surface area (Å²) < 4.78 is 5.08. The Labute approximate surface area is 237 Å². The third-order valence-corrected chi connectivity index (χ3v) is 11.6. The number of hydrogen-bond donors (Lipinski definition) is 0. The van der Waals surface area contributed by atoms with E-state index < -0.39 is 0 Å². The molecule has 3 aromatic carbocycles. The maximum absolute atomic E-state index is 2.69. The van der Waals surface area contributed by atoms with E-state index >= 15 is 0 Å². The van der Waals surface area contributed by atoms with Crippen LogP contribution in [0, 0.1) is 37.5 Å². The first-order valence-electron chi connectivity index (χ1n) is 15.8. The molecule has 4 aliphatic carbocycles. The fraction of sp³-hybridized carbons (Fsp3) is 0.447. The van der Waals surface area contributed by atoms with Gasteiger partial charge in [0.25, 0.3) is 0 Å². The molecule has 4 aliphatic rings. The molecule has 4 bridgehead atoms. The fourth-order valence-electron chi connectivity index (χ4n) is 10.3. The van der Waals surface area contributed by atoms with E-state index in [4.69, 9.17) is 0 Å². The lowest BCUT2D eigenvalue weighted by Gasteiger charge is -2.57. The zero-order valence-corrected chi connectivity index (χ0v) is 24.8. The molecule has 0 N–H and O–H groups in total. The number of hydrogen-bond acceptors (Lipinski definition) is 0. The maximum Gasteiger partial charge on any atom is 0.224 e. The Balaban J connectivity index is 1.47. The van der Waals surface area contributed by atoms with Gasteiger partial charge in [-0.1, -0.05) is 26.0 Å². The van der Waals surface area contributed by atoms with Gasteiger partial charge in [-0.15, -0.1) is 0 Å². The summed E-state index contributed by atoms with van der Waals surface area (Å²) in [5.41, 5.74) is 11.9. The molecule has 2 nitrogen and oxygen atoms in total. The molecule has 40 heavy (non-hydrogen) atoms. The standard InChI is InChI=1S/C38H41N2/c1-21(2)10-24-6-7-30-31-11-22(3)23(4)34-36(31)40(32(30)15-24)33-17-29(16-28-8-9-39(5)37(34)35(28)33)38-18-25-12-26(19-38)14-27(13-25)20-38/h6-9,11,15-17,21,25-27H,10,12-14,18-20H2,1-5H3/q+1. The van der Waals surface area contributed by atoms with Gasteiger partial charge in [-0.05, 0) is 140 Å². The summed E-state index contributed by atoms with van der Waals surface area (Å²) in [5, 5.41) is 7.10. The molecule has 6 aromatic rings. The second kappa shape index (κ2) is 7.78. The van der Waals surface area contributed by atoms with Crippen molar-refractivity contribution in [3.05, 3.63) is 70.9 Å². The van der Waals surface area contributed by atoms with E-state index in [2.05, 4.69) is 92.4 Å². The molecule has 3 heterocycles. The number of benzene rings is 3. The minimum atomic E-state index is 0.381. The van der Waals surface area contributed by atoms with Crippen molar-refractivity contribution in [3.8, 4) is 0 Å². The third-order valence-electron chi connectivity index (χ3n) is 11.6. The summed E-state index contributed by atoms with van der Waals surface area (Å²) in [4.78, 5) is 0. The lowest BCUT2D eigenvalue weighted by atomic mass is 9.48. The van der Waals surface area contributed by atoms with Gasteiger partial charge in [-0.25, -0.2) is 4.57 Å². The van der Waals surface area contributed by atoms with Crippen molar-refractivity contribution in [2.75, 3.05) is 0 Å². The Hall–Kier alpha value is -3.13. The highest BCUT2D eigenvalue weighted by Crippen LogP contribution is 2.61. The van der Waals surface area contributed by atoms with Gasteiger partial charge in [0.05, 0.1) is 27.3 Å². The van der Waals surface area contributed by atoms with Crippen LogP contribution in [0.4, 0.5) is 0 Å². The number of fused-ring (bicyclic) bond motifs is 5. The van der Waals surface area contributed by atoms with Gasteiger partial charge in [0.1, 0.15) is 7.05 Å². The molecule has 0 aliphatic heterocycles. The minimum absolute atomic E-state index is 0.381. The first-order chi connectivity index (χ1) is 19.3. The molecule has 2 heteroatoms. The van der Waals surface area contributed by atoms with Gasteiger partial charge in [0, 0.05) is 16.8 Å². The molecular formula is C38H41N2+. The Bertz CT molecular complexity index is 1980. The van der Waals surface area contributed by atoms with Crippen molar-refractivity contribution < 1.29 is 4.57 Å².